The lowest BCUT2D eigenvalue weighted by Gasteiger charge is -2.36. The van der Waals surface area contributed by atoms with Crippen LogP contribution in [0.5, 0.6) is 5.75 Å². The minimum Gasteiger partial charge on any atom is -0.480 e. The van der Waals surface area contributed by atoms with Crippen molar-refractivity contribution in [2.24, 2.45) is 5.41 Å². The summed E-state index contributed by atoms with van der Waals surface area (Å²) in [5, 5.41) is 21.0. The van der Waals surface area contributed by atoms with Crippen LogP contribution in [0, 0.1) is 5.41 Å². The molecule has 0 spiro atoms. The van der Waals surface area contributed by atoms with Crippen LogP contribution in [0.2, 0.25) is 5.02 Å². The number of fused-ring (bicyclic) bond motifs is 2. The zero-order valence-corrected chi connectivity index (χ0v) is 20.1. The van der Waals surface area contributed by atoms with E-state index in [2.05, 4.69) is 4.90 Å². The lowest BCUT2D eigenvalue weighted by Crippen LogP contribution is -2.49. The molecule has 0 saturated carbocycles. The number of hydrogen-bond donors (Lipinski definition) is 2. The second-order valence-electron chi connectivity index (χ2n) is 8.33. The fraction of sp³-hybridized carbons (Fsp3) is 0.417. The van der Waals surface area contributed by atoms with Gasteiger partial charge in [0, 0.05) is 29.7 Å². The van der Waals surface area contributed by atoms with Gasteiger partial charge in [-0.1, -0.05) is 23.7 Å². The van der Waals surface area contributed by atoms with Gasteiger partial charge in [0.05, 0.1) is 47.0 Å². The number of halogens is 1. The summed E-state index contributed by atoms with van der Waals surface area (Å²) in [6.07, 6.45) is 0. The molecule has 1 fully saturated rings. The number of hydrogen-bond acceptors (Lipinski definition) is 9. The first-order valence-corrected chi connectivity index (χ1v) is 12.1. The number of rotatable bonds is 9. The second-order valence-corrected chi connectivity index (χ2v) is 9.79. The molecular formula is C24H26ClNO7S. The van der Waals surface area contributed by atoms with Crippen LogP contribution in [0.4, 0.5) is 0 Å². The average Bonchev–Trinajstić information content (AvgIpc) is 2.87. The first-order chi connectivity index (χ1) is 16.5. The third-order valence-electron chi connectivity index (χ3n) is 5.86. The van der Waals surface area contributed by atoms with Gasteiger partial charge in [0.1, 0.15) is 12.4 Å². The van der Waals surface area contributed by atoms with Crippen molar-refractivity contribution in [3.05, 3.63) is 51.6 Å². The van der Waals surface area contributed by atoms with Crippen molar-refractivity contribution in [2.75, 3.05) is 59.3 Å². The van der Waals surface area contributed by atoms with Crippen molar-refractivity contribution >= 4 is 49.1 Å². The molecule has 1 aliphatic heterocycles. The lowest BCUT2D eigenvalue weighted by molar-refractivity contribution is -0.153. The maximum atomic E-state index is 13.0. The predicted octanol–water partition coefficient (Wildman–Crippen LogP) is 2.29. The van der Waals surface area contributed by atoms with Crippen LogP contribution in [0.25, 0.3) is 20.2 Å². The molecule has 2 aromatic carbocycles. The largest absolute Gasteiger partial charge is 0.480 e. The summed E-state index contributed by atoms with van der Waals surface area (Å²) in [6.45, 7) is 1.68. The number of esters is 1. The molecule has 1 aromatic heterocycles. The zero-order valence-electron chi connectivity index (χ0n) is 18.5. The number of nitrogens with zero attached hydrogens (tertiary/aromatic N) is 1. The normalized spacial score (nSPS) is 15.0. The summed E-state index contributed by atoms with van der Waals surface area (Å²) in [4.78, 5) is 27.5. The standard InChI is InChI=1S/C24H26ClNO7S/c25-17-5-6-18(23-21(17)22(30)16-3-1-2-4-19(16)34-23)32-11-20(29)33-15-24(13-27,14-28)12-26-7-9-31-10-8-26/h1-6,27-28H,7-15H2. The van der Waals surface area contributed by atoms with Crippen molar-refractivity contribution in [2.45, 2.75) is 0 Å². The molecule has 4 rings (SSSR count). The maximum absolute atomic E-state index is 13.0. The monoisotopic (exact) mass is 507 g/mol. The van der Waals surface area contributed by atoms with E-state index < -0.39 is 18.0 Å². The predicted molar refractivity (Wildman–Crippen MR) is 131 cm³/mol. The summed E-state index contributed by atoms with van der Waals surface area (Å²) in [6, 6.07) is 10.4. The van der Waals surface area contributed by atoms with Crippen molar-refractivity contribution in [3.8, 4) is 5.75 Å². The van der Waals surface area contributed by atoms with Crippen LogP contribution in [-0.4, -0.2) is 80.4 Å². The molecule has 8 nitrogen and oxygen atoms in total. The number of aliphatic hydroxyl groups excluding tert-OH is 2. The molecule has 0 radical (unpaired) electrons. The third-order valence-corrected chi connectivity index (χ3v) is 7.36. The number of morpholine rings is 1. The highest BCUT2D eigenvalue weighted by Crippen LogP contribution is 2.35. The summed E-state index contributed by atoms with van der Waals surface area (Å²) in [7, 11) is 0. The molecule has 1 saturated heterocycles. The van der Waals surface area contributed by atoms with E-state index in [0.29, 0.717) is 59.1 Å². The maximum Gasteiger partial charge on any atom is 0.344 e. The number of carbonyl (C=O) groups is 1. The van der Waals surface area contributed by atoms with Gasteiger partial charge in [0.15, 0.2) is 12.0 Å². The quantitative estimate of drug-likeness (QED) is 0.336. The molecule has 0 aliphatic carbocycles. The number of aliphatic hydroxyl groups is 2. The Bertz CT molecular complexity index is 1220. The van der Waals surface area contributed by atoms with E-state index in [0.717, 1.165) is 4.70 Å². The van der Waals surface area contributed by atoms with Gasteiger partial charge in [-0.3, -0.25) is 9.69 Å². The topological polar surface area (TPSA) is 106 Å². The number of ether oxygens (including phenoxy) is 3. The molecule has 2 N–H and O–H groups in total. The number of carbonyl (C=O) groups excluding carboxylic acids is 1. The molecule has 0 amide bonds. The van der Waals surface area contributed by atoms with E-state index >= 15 is 0 Å². The summed E-state index contributed by atoms with van der Waals surface area (Å²) in [5.74, 6) is -0.294. The average molecular weight is 508 g/mol. The summed E-state index contributed by atoms with van der Waals surface area (Å²) in [5.41, 5.74) is -1.18. The van der Waals surface area contributed by atoms with Gasteiger partial charge >= 0.3 is 5.97 Å². The van der Waals surface area contributed by atoms with Gasteiger partial charge in [-0.25, -0.2) is 4.79 Å². The van der Waals surface area contributed by atoms with E-state index in [-0.39, 0.29) is 25.2 Å². The Hall–Kier alpha value is -2.27. The first-order valence-electron chi connectivity index (χ1n) is 10.9. The smallest absolute Gasteiger partial charge is 0.344 e. The van der Waals surface area contributed by atoms with Gasteiger partial charge in [-0.15, -0.1) is 11.3 Å². The SMILES string of the molecule is O=C(COc1ccc(Cl)c2c(=O)c3ccccc3sc12)OCC(CO)(CO)CN1CCOCC1. The van der Waals surface area contributed by atoms with Gasteiger partial charge in [-0.05, 0) is 24.3 Å². The van der Waals surface area contributed by atoms with Crippen LogP contribution in [0.15, 0.2) is 41.2 Å². The molecule has 0 atom stereocenters. The van der Waals surface area contributed by atoms with Crippen molar-refractivity contribution < 1.29 is 29.2 Å². The fourth-order valence-electron chi connectivity index (χ4n) is 3.89. The van der Waals surface area contributed by atoms with Crippen molar-refractivity contribution in [1.82, 2.24) is 4.90 Å². The summed E-state index contributed by atoms with van der Waals surface area (Å²) >= 11 is 7.67. The fourth-order valence-corrected chi connectivity index (χ4v) is 5.36. The van der Waals surface area contributed by atoms with Crippen molar-refractivity contribution in [1.29, 1.82) is 0 Å². The van der Waals surface area contributed by atoms with Gasteiger partial charge in [0.25, 0.3) is 0 Å². The minimum atomic E-state index is -0.988. The van der Waals surface area contributed by atoms with E-state index in [1.54, 1.807) is 24.3 Å². The third kappa shape index (κ3) is 5.35. The molecular weight excluding hydrogens is 482 g/mol. The Morgan fingerprint density at radius 2 is 1.88 bits per heavy atom. The molecule has 182 valence electrons. The second kappa shape index (κ2) is 11.0. The molecule has 2 heterocycles. The van der Waals surface area contributed by atoms with Gasteiger partial charge < -0.3 is 24.4 Å². The van der Waals surface area contributed by atoms with Crippen LogP contribution in [0.3, 0.4) is 0 Å². The van der Waals surface area contributed by atoms with Crippen molar-refractivity contribution in [3.63, 3.8) is 0 Å². The van der Waals surface area contributed by atoms with E-state index in [1.807, 2.05) is 12.1 Å². The Morgan fingerprint density at radius 3 is 2.62 bits per heavy atom. The zero-order chi connectivity index (χ0) is 24.1. The molecule has 10 heteroatoms. The van der Waals surface area contributed by atoms with E-state index in [9.17, 15) is 19.8 Å². The Balaban J connectivity index is 1.45. The first kappa shape index (κ1) is 24.8. The van der Waals surface area contributed by atoms with Crippen LogP contribution < -0.4 is 10.2 Å². The van der Waals surface area contributed by atoms with Gasteiger partial charge in [-0.2, -0.15) is 0 Å². The summed E-state index contributed by atoms with van der Waals surface area (Å²) < 4.78 is 17.7. The molecule has 0 bridgehead atoms. The molecule has 1 aliphatic rings. The Morgan fingerprint density at radius 1 is 1.15 bits per heavy atom. The Kier molecular flexibility index (Phi) is 8.02. The van der Waals surface area contributed by atoms with Gasteiger partial charge in [0.2, 0.25) is 0 Å². The highest BCUT2D eigenvalue weighted by atomic mass is 35.5. The van der Waals surface area contributed by atoms with Crippen LogP contribution in [0.1, 0.15) is 0 Å². The molecule has 34 heavy (non-hydrogen) atoms. The minimum absolute atomic E-state index is 0.154. The van der Waals surface area contributed by atoms with E-state index in [1.165, 1.54) is 11.3 Å². The molecule has 0 unspecified atom stereocenters. The highest BCUT2D eigenvalue weighted by Gasteiger charge is 2.34. The van der Waals surface area contributed by atoms with E-state index in [4.69, 9.17) is 25.8 Å². The Labute approximate surface area is 205 Å². The van der Waals surface area contributed by atoms with Crippen LogP contribution >= 0.6 is 22.9 Å². The highest BCUT2D eigenvalue weighted by molar-refractivity contribution is 7.25. The lowest BCUT2D eigenvalue weighted by atomic mass is 9.90. The molecule has 3 aromatic rings. The number of benzene rings is 2. The van der Waals surface area contributed by atoms with Crippen LogP contribution in [-0.2, 0) is 14.3 Å².